The molecular weight excluding hydrogens is 202 g/mol. The Morgan fingerprint density at radius 1 is 1.54 bits per heavy atom. The van der Waals surface area contributed by atoms with Gasteiger partial charge in [-0.1, -0.05) is 11.6 Å². The van der Waals surface area contributed by atoms with E-state index in [-0.39, 0.29) is 0 Å². The van der Waals surface area contributed by atoms with Crippen molar-refractivity contribution in [2.24, 2.45) is 11.7 Å². The van der Waals surface area contributed by atoms with Crippen LogP contribution in [0.1, 0.15) is 24.1 Å². The predicted molar refractivity (Wildman–Crippen MR) is 58.3 cm³/mol. The second-order valence-electron chi connectivity index (χ2n) is 3.75. The minimum atomic E-state index is 0.417. The second kappa shape index (κ2) is 3.99. The highest BCUT2D eigenvalue weighted by molar-refractivity contribution is 7.16. The van der Waals surface area contributed by atoms with Gasteiger partial charge in [-0.2, -0.15) is 0 Å². The highest BCUT2D eigenvalue weighted by Crippen LogP contribution is 2.33. The number of hydrogen-bond donors (Lipinski definition) is 1. The van der Waals surface area contributed by atoms with E-state index in [2.05, 4.69) is 6.07 Å². The molecule has 13 heavy (non-hydrogen) atoms. The van der Waals surface area contributed by atoms with Gasteiger partial charge in [0.25, 0.3) is 0 Å². The zero-order valence-corrected chi connectivity index (χ0v) is 9.07. The Kier molecular flexibility index (Phi) is 2.92. The number of thiophene rings is 1. The highest BCUT2D eigenvalue weighted by Gasteiger charge is 2.27. The van der Waals surface area contributed by atoms with Gasteiger partial charge in [0, 0.05) is 10.9 Å². The van der Waals surface area contributed by atoms with E-state index in [4.69, 9.17) is 17.3 Å². The summed E-state index contributed by atoms with van der Waals surface area (Å²) in [6, 6.07) is 4.48. The molecule has 1 aliphatic carbocycles. The van der Waals surface area contributed by atoms with Gasteiger partial charge in [0.2, 0.25) is 0 Å². The summed E-state index contributed by atoms with van der Waals surface area (Å²) in [5.41, 5.74) is 6.01. The van der Waals surface area contributed by atoms with Crippen molar-refractivity contribution in [2.45, 2.75) is 31.7 Å². The molecule has 1 aromatic heterocycles. The fourth-order valence-electron chi connectivity index (χ4n) is 1.56. The smallest absolute Gasteiger partial charge is 0.0931 e. The highest BCUT2D eigenvalue weighted by atomic mass is 35.5. The van der Waals surface area contributed by atoms with Crippen LogP contribution in [-0.4, -0.2) is 6.04 Å². The summed E-state index contributed by atoms with van der Waals surface area (Å²) in [4.78, 5) is 1.36. The summed E-state index contributed by atoms with van der Waals surface area (Å²) in [5.74, 6) is 0.815. The lowest BCUT2D eigenvalue weighted by atomic mass is 10.1. The molecule has 1 atom stereocenters. The average Bonchev–Trinajstić information content (AvgIpc) is 2.87. The summed E-state index contributed by atoms with van der Waals surface area (Å²) in [6.45, 7) is 0. The molecule has 1 fully saturated rings. The molecule has 0 saturated heterocycles. The van der Waals surface area contributed by atoms with E-state index in [1.54, 1.807) is 11.3 Å². The number of halogens is 1. The third kappa shape index (κ3) is 2.70. The molecule has 0 spiro atoms. The fourth-order valence-corrected chi connectivity index (χ4v) is 2.66. The molecule has 1 saturated carbocycles. The molecule has 0 aromatic carbocycles. The Morgan fingerprint density at radius 2 is 2.31 bits per heavy atom. The molecule has 2 rings (SSSR count). The molecule has 3 heteroatoms. The summed E-state index contributed by atoms with van der Waals surface area (Å²) in [6.07, 6.45) is 4.88. The van der Waals surface area contributed by atoms with E-state index in [1.165, 1.54) is 17.7 Å². The number of nitrogens with two attached hydrogens (primary N) is 1. The largest absolute Gasteiger partial charge is 0.327 e. The molecule has 2 N–H and O–H groups in total. The molecule has 72 valence electrons. The van der Waals surface area contributed by atoms with Crippen LogP contribution in [0.4, 0.5) is 0 Å². The average molecular weight is 216 g/mol. The molecule has 1 heterocycles. The van der Waals surface area contributed by atoms with Crippen molar-refractivity contribution in [1.82, 2.24) is 0 Å². The maximum atomic E-state index is 6.01. The van der Waals surface area contributed by atoms with E-state index < -0.39 is 0 Å². The van der Waals surface area contributed by atoms with E-state index >= 15 is 0 Å². The van der Waals surface area contributed by atoms with Gasteiger partial charge in [-0.05, 0) is 43.7 Å². The Hall–Kier alpha value is -0.0500. The summed E-state index contributed by atoms with van der Waals surface area (Å²) in [7, 11) is 0. The maximum Gasteiger partial charge on any atom is 0.0931 e. The van der Waals surface area contributed by atoms with Crippen LogP contribution < -0.4 is 5.73 Å². The minimum absolute atomic E-state index is 0.417. The van der Waals surface area contributed by atoms with Gasteiger partial charge < -0.3 is 5.73 Å². The molecule has 0 radical (unpaired) electrons. The quantitative estimate of drug-likeness (QED) is 0.821. The van der Waals surface area contributed by atoms with Crippen molar-refractivity contribution in [1.29, 1.82) is 0 Å². The van der Waals surface area contributed by atoms with Gasteiger partial charge in [0.15, 0.2) is 0 Å². The monoisotopic (exact) mass is 215 g/mol. The number of aryl methyl sites for hydroxylation is 1. The van der Waals surface area contributed by atoms with Crippen molar-refractivity contribution >= 4 is 22.9 Å². The van der Waals surface area contributed by atoms with Crippen molar-refractivity contribution in [3.63, 3.8) is 0 Å². The first-order chi connectivity index (χ1) is 6.25. The van der Waals surface area contributed by atoms with E-state index in [0.29, 0.717) is 6.04 Å². The molecular formula is C10H14ClNS. The SMILES string of the molecule is NC(CCc1ccc(Cl)s1)C1CC1. The van der Waals surface area contributed by atoms with Crippen LogP contribution in [0.15, 0.2) is 12.1 Å². The van der Waals surface area contributed by atoms with Crippen molar-refractivity contribution in [3.05, 3.63) is 21.3 Å². The molecule has 0 aliphatic heterocycles. The topological polar surface area (TPSA) is 26.0 Å². The van der Waals surface area contributed by atoms with E-state index in [9.17, 15) is 0 Å². The third-order valence-electron chi connectivity index (χ3n) is 2.58. The standard InChI is InChI=1S/C10H14ClNS/c11-10-6-4-8(13-10)3-5-9(12)7-1-2-7/h4,6-7,9H,1-3,5,12H2. The Labute approximate surface area is 87.9 Å². The van der Waals surface area contributed by atoms with Gasteiger partial charge in [-0.15, -0.1) is 11.3 Å². The second-order valence-corrected chi connectivity index (χ2v) is 5.55. The van der Waals surface area contributed by atoms with Gasteiger partial charge in [-0.25, -0.2) is 0 Å². The van der Waals surface area contributed by atoms with Crippen LogP contribution in [0.2, 0.25) is 4.34 Å². The lowest BCUT2D eigenvalue weighted by molar-refractivity contribution is 0.552. The fraction of sp³-hybridized carbons (Fsp3) is 0.600. The van der Waals surface area contributed by atoms with Crippen molar-refractivity contribution < 1.29 is 0 Å². The summed E-state index contributed by atoms with van der Waals surface area (Å²) >= 11 is 7.51. The first-order valence-electron chi connectivity index (χ1n) is 4.75. The van der Waals surface area contributed by atoms with Crippen LogP contribution in [0.25, 0.3) is 0 Å². The normalized spacial score (nSPS) is 18.9. The van der Waals surface area contributed by atoms with Gasteiger partial charge in [0.1, 0.15) is 0 Å². The summed E-state index contributed by atoms with van der Waals surface area (Å²) in [5, 5.41) is 0. The van der Waals surface area contributed by atoms with Crippen LogP contribution in [0.3, 0.4) is 0 Å². The maximum absolute atomic E-state index is 6.01. The first kappa shape index (κ1) is 9.50. The Morgan fingerprint density at radius 3 is 2.85 bits per heavy atom. The van der Waals surface area contributed by atoms with Crippen LogP contribution in [0.5, 0.6) is 0 Å². The zero-order chi connectivity index (χ0) is 9.26. The van der Waals surface area contributed by atoms with Crippen LogP contribution in [-0.2, 0) is 6.42 Å². The van der Waals surface area contributed by atoms with Crippen LogP contribution in [0, 0.1) is 5.92 Å². The lowest BCUT2D eigenvalue weighted by Crippen LogP contribution is -2.22. The van der Waals surface area contributed by atoms with Gasteiger partial charge >= 0.3 is 0 Å². The number of hydrogen-bond acceptors (Lipinski definition) is 2. The molecule has 0 bridgehead atoms. The first-order valence-corrected chi connectivity index (χ1v) is 5.95. The predicted octanol–water partition coefficient (Wildman–Crippen LogP) is 3.07. The number of rotatable bonds is 4. The van der Waals surface area contributed by atoms with E-state index in [1.807, 2.05) is 6.07 Å². The third-order valence-corrected chi connectivity index (χ3v) is 3.87. The minimum Gasteiger partial charge on any atom is -0.327 e. The molecule has 1 aliphatic rings. The Balaban J connectivity index is 1.78. The van der Waals surface area contributed by atoms with Crippen molar-refractivity contribution in [3.8, 4) is 0 Å². The van der Waals surface area contributed by atoms with E-state index in [0.717, 1.165) is 23.1 Å². The molecule has 1 aromatic rings. The Bertz CT molecular complexity index is 280. The lowest BCUT2D eigenvalue weighted by Gasteiger charge is -2.07. The van der Waals surface area contributed by atoms with Gasteiger partial charge in [0.05, 0.1) is 4.34 Å². The molecule has 1 nitrogen and oxygen atoms in total. The summed E-state index contributed by atoms with van der Waals surface area (Å²) < 4.78 is 0.884. The van der Waals surface area contributed by atoms with Gasteiger partial charge in [-0.3, -0.25) is 0 Å². The zero-order valence-electron chi connectivity index (χ0n) is 7.50. The molecule has 0 amide bonds. The van der Waals surface area contributed by atoms with Crippen molar-refractivity contribution in [2.75, 3.05) is 0 Å². The molecule has 1 unspecified atom stereocenters. The van der Waals surface area contributed by atoms with Crippen LogP contribution >= 0.6 is 22.9 Å².